The van der Waals surface area contributed by atoms with Crippen LogP contribution in [-0.2, 0) is 6.18 Å². The van der Waals surface area contributed by atoms with Crippen LogP contribution in [0.2, 0.25) is 0 Å². The second-order valence-corrected chi connectivity index (χ2v) is 7.32. The molecule has 2 aromatic heterocycles. The van der Waals surface area contributed by atoms with Crippen molar-refractivity contribution >= 4 is 28.9 Å². The van der Waals surface area contributed by atoms with Gasteiger partial charge in [0.2, 0.25) is 5.82 Å². The van der Waals surface area contributed by atoms with Crippen LogP contribution in [0.1, 0.15) is 16.2 Å². The Hall–Kier alpha value is -4.88. The fraction of sp³-hybridized carbons (Fsp3) is 0.0435. The maximum absolute atomic E-state index is 14.7. The van der Waals surface area contributed by atoms with Crippen LogP contribution in [-0.4, -0.2) is 20.9 Å². The Kier molecular flexibility index (Phi) is 6.82. The average Bonchev–Trinajstić information content (AvgIpc) is 2.82. The minimum absolute atomic E-state index is 0.104. The molecular formula is C23H14F6N6O2. The number of rotatable bonds is 6. The number of ether oxygens (including phenoxy) is 1. The third-order valence-corrected chi connectivity index (χ3v) is 4.64. The van der Waals surface area contributed by atoms with Gasteiger partial charge >= 0.3 is 6.18 Å². The number of aromatic nitrogens is 3. The van der Waals surface area contributed by atoms with Gasteiger partial charge in [-0.2, -0.15) is 13.2 Å². The van der Waals surface area contributed by atoms with Gasteiger partial charge in [0.15, 0.2) is 11.6 Å². The summed E-state index contributed by atoms with van der Waals surface area (Å²) in [4.78, 5) is 22.9. The highest BCUT2D eigenvalue weighted by molar-refractivity contribution is 6.07. The van der Waals surface area contributed by atoms with Gasteiger partial charge in [-0.05, 0) is 30.3 Å². The van der Waals surface area contributed by atoms with Gasteiger partial charge in [0.1, 0.15) is 34.6 Å². The molecule has 0 aliphatic carbocycles. The van der Waals surface area contributed by atoms with E-state index in [1.165, 1.54) is 30.5 Å². The molecule has 0 aliphatic rings. The number of anilines is 4. The van der Waals surface area contributed by atoms with Crippen LogP contribution >= 0.6 is 0 Å². The lowest BCUT2D eigenvalue weighted by atomic mass is 10.2. The first-order chi connectivity index (χ1) is 17.5. The van der Waals surface area contributed by atoms with Crippen LogP contribution in [0.4, 0.5) is 49.4 Å². The molecule has 0 fully saturated rings. The average molecular weight is 520 g/mol. The van der Waals surface area contributed by atoms with E-state index in [2.05, 4.69) is 25.6 Å². The van der Waals surface area contributed by atoms with Crippen molar-refractivity contribution in [1.29, 1.82) is 0 Å². The molecule has 37 heavy (non-hydrogen) atoms. The number of nitrogen functional groups attached to an aromatic ring is 1. The summed E-state index contributed by atoms with van der Waals surface area (Å²) in [5.41, 5.74) is 4.46. The highest BCUT2D eigenvalue weighted by Gasteiger charge is 2.36. The van der Waals surface area contributed by atoms with Gasteiger partial charge in [-0.1, -0.05) is 0 Å². The van der Waals surface area contributed by atoms with E-state index in [-0.39, 0.29) is 23.0 Å². The summed E-state index contributed by atoms with van der Waals surface area (Å²) in [7, 11) is 0. The van der Waals surface area contributed by atoms with E-state index in [0.29, 0.717) is 12.3 Å². The van der Waals surface area contributed by atoms with Crippen molar-refractivity contribution in [2.24, 2.45) is 0 Å². The quantitative estimate of drug-likeness (QED) is 0.280. The predicted molar refractivity (Wildman–Crippen MR) is 120 cm³/mol. The van der Waals surface area contributed by atoms with E-state index in [1.54, 1.807) is 0 Å². The van der Waals surface area contributed by atoms with Gasteiger partial charge in [0.05, 0.1) is 5.69 Å². The van der Waals surface area contributed by atoms with Crippen molar-refractivity contribution in [1.82, 2.24) is 15.0 Å². The second-order valence-electron chi connectivity index (χ2n) is 7.32. The normalized spacial score (nSPS) is 11.2. The standard InChI is InChI=1S/C23H14F6N6O2/c24-11-1-3-17(15(25)7-11)34-21(36)14-10-32-22(23(27,28)29)35-20(14)33-12-2-4-18(16(26)8-12)37-13-5-6-31-19(30)9-13/h1-10H,(H2,30,31)(H,34,36)(H,32,33,35). The van der Waals surface area contributed by atoms with Gasteiger partial charge in [-0.3, -0.25) is 4.79 Å². The van der Waals surface area contributed by atoms with Crippen LogP contribution in [0.15, 0.2) is 60.9 Å². The van der Waals surface area contributed by atoms with Crippen molar-refractivity contribution in [2.45, 2.75) is 6.18 Å². The summed E-state index contributed by atoms with van der Waals surface area (Å²) in [5.74, 6) is -6.22. The molecule has 4 rings (SSSR count). The predicted octanol–water partition coefficient (Wildman–Crippen LogP) is 5.68. The summed E-state index contributed by atoms with van der Waals surface area (Å²) >= 11 is 0. The summed E-state index contributed by atoms with van der Waals surface area (Å²) in [6.07, 6.45) is -3.06. The molecule has 190 valence electrons. The van der Waals surface area contributed by atoms with E-state index in [4.69, 9.17) is 10.5 Å². The number of nitrogens with one attached hydrogen (secondary N) is 2. The number of halogens is 6. The zero-order valence-corrected chi connectivity index (χ0v) is 18.3. The Balaban J connectivity index is 1.63. The number of benzene rings is 2. The smallest absolute Gasteiger partial charge is 0.451 e. The van der Waals surface area contributed by atoms with Crippen LogP contribution in [0.25, 0.3) is 0 Å². The highest BCUT2D eigenvalue weighted by Crippen LogP contribution is 2.31. The van der Waals surface area contributed by atoms with E-state index in [0.717, 1.165) is 18.2 Å². The molecule has 4 aromatic rings. The first kappa shape index (κ1) is 25.2. The molecule has 4 N–H and O–H groups in total. The van der Waals surface area contributed by atoms with Crippen LogP contribution < -0.4 is 21.1 Å². The SMILES string of the molecule is Nc1cc(Oc2ccc(Nc3nc(C(F)(F)F)ncc3C(=O)Nc3ccc(F)cc3F)cc2F)ccn1. The number of nitrogens with zero attached hydrogens (tertiary/aromatic N) is 3. The van der Waals surface area contributed by atoms with Gasteiger partial charge in [-0.25, -0.2) is 28.1 Å². The highest BCUT2D eigenvalue weighted by atomic mass is 19.4. The van der Waals surface area contributed by atoms with Crippen molar-refractivity contribution in [3.05, 3.63) is 89.8 Å². The van der Waals surface area contributed by atoms with Gasteiger partial charge in [0, 0.05) is 36.3 Å². The summed E-state index contributed by atoms with van der Waals surface area (Å²) in [6, 6.07) is 8.38. The molecule has 0 spiro atoms. The van der Waals surface area contributed by atoms with E-state index >= 15 is 0 Å². The first-order valence-electron chi connectivity index (χ1n) is 10.2. The molecule has 0 saturated heterocycles. The van der Waals surface area contributed by atoms with Crippen LogP contribution in [0, 0.1) is 17.5 Å². The molecule has 0 radical (unpaired) electrons. The van der Waals surface area contributed by atoms with Crippen molar-refractivity contribution in [3.63, 3.8) is 0 Å². The number of nitrogens with two attached hydrogens (primary N) is 1. The fourth-order valence-corrected chi connectivity index (χ4v) is 2.98. The molecule has 0 bridgehead atoms. The molecule has 0 unspecified atom stereocenters. The number of hydrogen-bond acceptors (Lipinski definition) is 7. The lowest BCUT2D eigenvalue weighted by Crippen LogP contribution is -2.19. The van der Waals surface area contributed by atoms with E-state index < -0.39 is 52.4 Å². The Morgan fingerprint density at radius 2 is 1.73 bits per heavy atom. The largest absolute Gasteiger partial charge is 0.454 e. The minimum atomic E-state index is -4.97. The number of carbonyl (C=O) groups excluding carboxylic acids is 1. The Morgan fingerprint density at radius 1 is 0.946 bits per heavy atom. The minimum Gasteiger partial charge on any atom is -0.454 e. The summed E-state index contributed by atoms with van der Waals surface area (Å²) in [5, 5.41) is 4.52. The summed E-state index contributed by atoms with van der Waals surface area (Å²) < 4.78 is 86.7. The Labute approximate surface area is 204 Å². The zero-order valence-electron chi connectivity index (χ0n) is 18.3. The Morgan fingerprint density at radius 3 is 2.41 bits per heavy atom. The third-order valence-electron chi connectivity index (χ3n) is 4.64. The van der Waals surface area contributed by atoms with Crippen molar-refractivity contribution in [2.75, 3.05) is 16.4 Å². The number of pyridine rings is 1. The second kappa shape index (κ2) is 10.0. The van der Waals surface area contributed by atoms with E-state index in [9.17, 15) is 31.1 Å². The number of amides is 1. The van der Waals surface area contributed by atoms with Gasteiger partial charge < -0.3 is 21.1 Å². The molecule has 0 aliphatic heterocycles. The summed E-state index contributed by atoms with van der Waals surface area (Å²) in [6.45, 7) is 0. The van der Waals surface area contributed by atoms with Crippen LogP contribution in [0.5, 0.6) is 11.5 Å². The molecular weight excluding hydrogens is 506 g/mol. The molecule has 0 saturated carbocycles. The molecule has 1 amide bonds. The van der Waals surface area contributed by atoms with E-state index in [1.807, 2.05) is 0 Å². The number of hydrogen-bond donors (Lipinski definition) is 3. The maximum Gasteiger partial charge on any atom is 0.451 e. The molecule has 2 aromatic carbocycles. The first-order valence-corrected chi connectivity index (χ1v) is 10.2. The van der Waals surface area contributed by atoms with Crippen molar-refractivity contribution in [3.8, 4) is 11.5 Å². The lowest BCUT2D eigenvalue weighted by molar-refractivity contribution is -0.144. The van der Waals surface area contributed by atoms with Gasteiger partial charge in [-0.15, -0.1) is 0 Å². The lowest BCUT2D eigenvalue weighted by Gasteiger charge is -2.14. The fourth-order valence-electron chi connectivity index (χ4n) is 2.98. The van der Waals surface area contributed by atoms with Gasteiger partial charge in [0.25, 0.3) is 5.91 Å². The molecule has 2 heterocycles. The molecule has 14 heteroatoms. The number of carbonyl (C=O) groups is 1. The topological polar surface area (TPSA) is 115 Å². The zero-order chi connectivity index (χ0) is 26.7. The number of alkyl halides is 3. The Bertz CT molecular complexity index is 1480. The molecule has 8 nitrogen and oxygen atoms in total. The maximum atomic E-state index is 14.7. The van der Waals surface area contributed by atoms with Crippen molar-refractivity contribution < 1.29 is 35.9 Å². The third kappa shape index (κ3) is 6.04. The van der Waals surface area contributed by atoms with Crippen LogP contribution in [0.3, 0.4) is 0 Å². The molecule has 0 atom stereocenters. The monoisotopic (exact) mass is 520 g/mol.